The van der Waals surface area contributed by atoms with Crippen LogP contribution in [0.1, 0.15) is 30.1 Å². The monoisotopic (exact) mass is 314 g/mol. The van der Waals surface area contributed by atoms with E-state index in [-0.39, 0.29) is 22.6 Å². The van der Waals surface area contributed by atoms with Crippen molar-refractivity contribution in [3.05, 3.63) is 34.9 Å². The first-order valence-corrected chi connectivity index (χ1v) is 7.62. The molecule has 1 aromatic rings. The summed E-state index contributed by atoms with van der Waals surface area (Å²) in [7, 11) is 0. The van der Waals surface area contributed by atoms with E-state index in [0.29, 0.717) is 17.2 Å². The van der Waals surface area contributed by atoms with Gasteiger partial charge in [-0.3, -0.25) is 4.79 Å². The molecule has 2 atom stereocenters. The smallest absolute Gasteiger partial charge is 0.338 e. The summed E-state index contributed by atoms with van der Waals surface area (Å²) < 4.78 is 10.4. The number of hydrogen-bond donors (Lipinski definition) is 0. The maximum Gasteiger partial charge on any atom is 0.338 e. The minimum absolute atomic E-state index is 0.119. The predicted octanol–water partition coefficient (Wildman–Crippen LogP) is 3.28. The number of benzene rings is 1. The van der Waals surface area contributed by atoms with Crippen molar-refractivity contribution in [2.24, 2.45) is 0 Å². The fourth-order valence-electron chi connectivity index (χ4n) is 1.91. The van der Waals surface area contributed by atoms with Crippen molar-refractivity contribution in [2.75, 3.05) is 6.61 Å². The third kappa shape index (κ3) is 4.42. The highest BCUT2D eigenvalue weighted by molar-refractivity contribution is 8.00. The molecule has 1 aliphatic heterocycles. The number of rotatable bonds is 4. The van der Waals surface area contributed by atoms with Crippen LogP contribution in [0.15, 0.2) is 24.3 Å². The van der Waals surface area contributed by atoms with Crippen molar-refractivity contribution in [3.63, 3.8) is 0 Å². The molecule has 108 valence electrons. The Kier molecular flexibility index (Phi) is 5.31. The maximum absolute atomic E-state index is 11.8. The van der Waals surface area contributed by atoms with E-state index in [1.165, 1.54) is 18.7 Å². The van der Waals surface area contributed by atoms with Gasteiger partial charge in [-0.25, -0.2) is 4.79 Å². The fourth-order valence-corrected chi connectivity index (χ4v) is 3.34. The summed E-state index contributed by atoms with van der Waals surface area (Å²) >= 11 is 7.29. The molecular formula is C14H15ClO4S. The number of carbonyl (C=O) groups excluding carboxylic acids is 2. The van der Waals surface area contributed by atoms with Gasteiger partial charge in [0, 0.05) is 17.2 Å². The summed E-state index contributed by atoms with van der Waals surface area (Å²) in [5.41, 5.74) is 0.362. The molecule has 0 amide bonds. The van der Waals surface area contributed by atoms with Crippen LogP contribution in [0.25, 0.3) is 0 Å². The third-order valence-electron chi connectivity index (χ3n) is 2.85. The topological polar surface area (TPSA) is 52.6 Å². The van der Waals surface area contributed by atoms with Crippen LogP contribution in [0, 0.1) is 0 Å². The lowest BCUT2D eigenvalue weighted by Crippen LogP contribution is -2.14. The molecule has 2 rings (SSSR count). The van der Waals surface area contributed by atoms with E-state index in [9.17, 15) is 9.59 Å². The second-order valence-corrected chi connectivity index (χ2v) is 6.38. The minimum atomic E-state index is -0.363. The predicted molar refractivity (Wildman–Crippen MR) is 77.9 cm³/mol. The Morgan fingerprint density at radius 2 is 2.00 bits per heavy atom. The molecule has 0 bridgehead atoms. The zero-order chi connectivity index (χ0) is 14.5. The van der Waals surface area contributed by atoms with Crippen molar-refractivity contribution in [3.8, 4) is 0 Å². The second-order valence-electron chi connectivity index (χ2n) is 4.48. The van der Waals surface area contributed by atoms with Crippen LogP contribution >= 0.6 is 23.4 Å². The van der Waals surface area contributed by atoms with E-state index in [4.69, 9.17) is 21.1 Å². The van der Waals surface area contributed by atoms with Crippen molar-refractivity contribution in [2.45, 2.75) is 30.5 Å². The molecule has 1 heterocycles. The van der Waals surface area contributed by atoms with E-state index in [1.54, 1.807) is 24.3 Å². The van der Waals surface area contributed by atoms with Crippen LogP contribution in [0.5, 0.6) is 0 Å². The first-order chi connectivity index (χ1) is 9.54. The van der Waals surface area contributed by atoms with E-state index < -0.39 is 0 Å². The molecule has 1 aromatic carbocycles. The minimum Gasteiger partial charge on any atom is -0.461 e. The van der Waals surface area contributed by atoms with E-state index in [1.807, 2.05) is 0 Å². The molecule has 1 fully saturated rings. The maximum atomic E-state index is 11.8. The molecule has 0 radical (unpaired) electrons. The van der Waals surface area contributed by atoms with Crippen LogP contribution in [-0.4, -0.2) is 29.2 Å². The van der Waals surface area contributed by atoms with Gasteiger partial charge < -0.3 is 9.47 Å². The van der Waals surface area contributed by atoms with Crippen LogP contribution in [0.3, 0.4) is 0 Å². The zero-order valence-electron chi connectivity index (χ0n) is 11.0. The summed E-state index contributed by atoms with van der Waals surface area (Å²) in [6.07, 6.45) is 1.67. The summed E-state index contributed by atoms with van der Waals surface area (Å²) in [6, 6.07) is 6.57. The molecule has 0 aliphatic carbocycles. The summed E-state index contributed by atoms with van der Waals surface area (Å²) in [6.45, 7) is 1.72. The first kappa shape index (κ1) is 15.2. The van der Waals surface area contributed by atoms with Crippen molar-refractivity contribution < 1.29 is 19.1 Å². The average Bonchev–Trinajstić information content (AvgIpc) is 2.83. The molecule has 0 spiro atoms. The van der Waals surface area contributed by atoms with Gasteiger partial charge >= 0.3 is 11.9 Å². The van der Waals surface area contributed by atoms with Crippen LogP contribution < -0.4 is 0 Å². The third-order valence-corrected chi connectivity index (χ3v) is 4.49. The molecule has 1 unspecified atom stereocenters. The quantitative estimate of drug-likeness (QED) is 0.798. The van der Waals surface area contributed by atoms with Crippen LogP contribution in [-0.2, 0) is 14.3 Å². The highest BCUT2D eigenvalue weighted by Gasteiger charge is 2.28. The molecule has 1 aliphatic rings. The van der Waals surface area contributed by atoms with Gasteiger partial charge in [0.05, 0.1) is 5.56 Å². The van der Waals surface area contributed by atoms with Gasteiger partial charge in [-0.1, -0.05) is 11.6 Å². The van der Waals surface area contributed by atoms with Crippen LogP contribution in [0.4, 0.5) is 0 Å². The van der Waals surface area contributed by atoms with E-state index >= 15 is 0 Å². The Morgan fingerprint density at radius 3 is 2.65 bits per heavy atom. The Balaban J connectivity index is 1.77. The number of ether oxygens (including phenoxy) is 2. The average molecular weight is 315 g/mol. The van der Waals surface area contributed by atoms with Gasteiger partial charge in [-0.15, -0.1) is 11.8 Å². The molecule has 6 heteroatoms. The van der Waals surface area contributed by atoms with Gasteiger partial charge in [0.2, 0.25) is 0 Å². The second kappa shape index (κ2) is 6.99. The van der Waals surface area contributed by atoms with Crippen LogP contribution in [0.2, 0.25) is 5.02 Å². The normalized spacial score (nSPS) is 21.5. The number of hydrogen-bond acceptors (Lipinski definition) is 5. The van der Waals surface area contributed by atoms with Crippen molar-refractivity contribution in [1.29, 1.82) is 0 Å². The highest BCUT2D eigenvalue weighted by atomic mass is 35.5. The molecule has 1 saturated heterocycles. The van der Waals surface area contributed by atoms with Crippen molar-refractivity contribution >= 4 is 35.3 Å². The standard InChI is InChI=1S/C14H15ClO4S/c1-9(16)19-13-7-6-12(20-13)8-18-14(17)10-2-4-11(15)5-3-10/h2-5,12-13H,6-8H2,1H3/t12-,13?/m0/s1. The SMILES string of the molecule is CC(=O)OC1CC[C@@H](COC(=O)c2ccc(Cl)cc2)S1. The van der Waals surface area contributed by atoms with Gasteiger partial charge in [-0.2, -0.15) is 0 Å². The summed E-state index contributed by atoms with van der Waals surface area (Å²) in [5, 5.41) is 0.757. The highest BCUT2D eigenvalue weighted by Crippen LogP contribution is 2.34. The molecular weight excluding hydrogens is 300 g/mol. The summed E-state index contributed by atoms with van der Waals surface area (Å²) in [5.74, 6) is -0.639. The van der Waals surface area contributed by atoms with E-state index in [2.05, 4.69) is 0 Å². The fraction of sp³-hybridized carbons (Fsp3) is 0.429. The van der Waals surface area contributed by atoms with E-state index in [0.717, 1.165) is 12.8 Å². The Hall–Kier alpha value is -1.20. The Bertz CT molecular complexity index is 488. The lowest BCUT2D eigenvalue weighted by Gasteiger charge is -2.12. The summed E-state index contributed by atoms with van der Waals surface area (Å²) in [4.78, 5) is 22.7. The Morgan fingerprint density at radius 1 is 1.30 bits per heavy atom. The first-order valence-electron chi connectivity index (χ1n) is 6.30. The number of thioether (sulfide) groups is 1. The van der Waals surface area contributed by atoms with Gasteiger partial charge in [0.1, 0.15) is 12.0 Å². The number of esters is 2. The number of halogens is 1. The molecule has 20 heavy (non-hydrogen) atoms. The lowest BCUT2D eigenvalue weighted by molar-refractivity contribution is -0.142. The Labute approximate surface area is 126 Å². The molecule has 0 aromatic heterocycles. The lowest BCUT2D eigenvalue weighted by atomic mass is 10.2. The molecule has 4 nitrogen and oxygen atoms in total. The molecule has 0 N–H and O–H groups in total. The van der Waals surface area contributed by atoms with Crippen molar-refractivity contribution in [1.82, 2.24) is 0 Å². The zero-order valence-corrected chi connectivity index (χ0v) is 12.6. The largest absolute Gasteiger partial charge is 0.461 e. The number of carbonyl (C=O) groups is 2. The van der Waals surface area contributed by atoms with Gasteiger partial charge in [0.25, 0.3) is 0 Å². The van der Waals surface area contributed by atoms with Gasteiger partial charge in [-0.05, 0) is 37.1 Å². The molecule has 0 saturated carbocycles. The van der Waals surface area contributed by atoms with Gasteiger partial charge in [0.15, 0.2) is 0 Å².